The molecule has 1 heterocycles. The second kappa shape index (κ2) is 7.79. The van der Waals surface area contributed by atoms with Crippen molar-refractivity contribution in [2.75, 3.05) is 11.1 Å². The Labute approximate surface area is 156 Å². The standard InChI is InChI=1S/C17H14BrFN4OS/c1-23-16(11-5-3-2-4-6-11)21-22-17(23)25-10-15(24)20-14-8-7-12(18)9-13(14)19/h2-9H,10H2,1H3,(H,20,24). The molecule has 1 N–H and O–H groups in total. The van der Waals surface area contributed by atoms with E-state index >= 15 is 0 Å². The number of nitrogens with zero attached hydrogens (tertiary/aromatic N) is 3. The summed E-state index contributed by atoms with van der Waals surface area (Å²) in [6.07, 6.45) is 0. The van der Waals surface area contributed by atoms with Crippen LogP contribution in [0.3, 0.4) is 0 Å². The lowest BCUT2D eigenvalue weighted by Gasteiger charge is -2.07. The quantitative estimate of drug-likeness (QED) is 0.630. The number of nitrogens with one attached hydrogen (secondary N) is 1. The van der Waals surface area contributed by atoms with Crippen LogP contribution in [0.25, 0.3) is 11.4 Å². The number of hydrogen-bond donors (Lipinski definition) is 1. The topological polar surface area (TPSA) is 59.8 Å². The van der Waals surface area contributed by atoms with E-state index in [1.54, 1.807) is 6.07 Å². The molecule has 3 rings (SSSR count). The molecule has 25 heavy (non-hydrogen) atoms. The number of carbonyl (C=O) groups excluding carboxylic acids is 1. The summed E-state index contributed by atoms with van der Waals surface area (Å²) in [5.41, 5.74) is 1.10. The molecule has 128 valence electrons. The molecule has 0 saturated heterocycles. The van der Waals surface area contributed by atoms with Crippen molar-refractivity contribution in [2.45, 2.75) is 5.16 Å². The van der Waals surface area contributed by atoms with Crippen molar-refractivity contribution >= 4 is 39.3 Å². The van der Waals surface area contributed by atoms with Crippen LogP contribution in [0.5, 0.6) is 0 Å². The molecule has 0 aliphatic rings. The van der Waals surface area contributed by atoms with E-state index in [4.69, 9.17) is 0 Å². The summed E-state index contributed by atoms with van der Waals surface area (Å²) < 4.78 is 16.2. The van der Waals surface area contributed by atoms with Crippen molar-refractivity contribution in [2.24, 2.45) is 7.05 Å². The van der Waals surface area contributed by atoms with Crippen LogP contribution in [0.1, 0.15) is 0 Å². The van der Waals surface area contributed by atoms with Gasteiger partial charge in [-0.05, 0) is 18.2 Å². The number of anilines is 1. The first-order valence-electron chi connectivity index (χ1n) is 7.37. The first-order valence-corrected chi connectivity index (χ1v) is 9.15. The number of halogens is 2. The smallest absolute Gasteiger partial charge is 0.234 e. The number of aromatic nitrogens is 3. The van der Waals surface area contributed by atoms with Gasteiger partial charge in [0.15, 0.2) is 11.0 Å². The highest BCUT2D eigenvalue weighted by atomic mass is 79.9. The first-order chi connectivity index (χ1) is 12.0. The molecule has 5 nitrogen and oxygen atoms in total. The number of amides is 1. The molecule has 0 bridgehead atoms. The van der Waals surface area contributed by atoms with Gasteiger partial charge in [-0.25, -0.2) is 4.39 Å². The van der Waals surface area contributed by atoms with Gasteiger partial charge in [-0.1, -0.05) is 58.0 Å². The van der Waals surface area contributed by atoms with Gasteiger partial charge in [0.05, 0.1) is 11.4 Å². The SMILES string of the molecule is Cn1c(SCC(=O)Nc2ccc(Br)cc2F)nnc1-c1ccccc1. The minimum Gasteiger partial charge on any atom is -0.323 e. The molecule has 0 saturated carbocycles. The molecule has 0 aliphatic heterocycles. The monoisotopic (exact) mass is 420 g/mol. The van der Waals surface area contributed by atoms with Crippen LogP contribution in [0.2, 0.25) is 0 Å². The summed E-state index contributed by atoms with van der Waals surface area (Å²) in [7, 11) is 1.84. The van der Waals surface area contributed by atoms with Crippen molar-refractivity contribution < 1.29 is 9.18 Å². The Bertz CT molecular complexity index is 901. The van der Waals surface area contributed by atoms with Crippen LogP contribution < -0.4 is 5.32 Å². The van der Waals surface area contributed by atoms with Crippen LogP contribution >= 0.6 is 27.7 Å². The Morgan fingerprint density at radius 2 is 2.00 bits per heavy atom. The number of benzene rings is 2. The second-order valence-electron chi connectivity index (χ2n) is 5.19. The zero-order valence-corrected chi connectivity index (χ0v) is 15.6. The molecule has 1 aromatic heterocycles. The molecular weight excluding hydrogens is 407 g/mol. The Morgan fingerprint density at radius 1 is 1.24 bits per heavy atom. The molecule has 8 heteroatoms. The van der Waals surface area contributed by atoms with Crippen LogP contribution in [0, 0.1) is 5.82 Å². The van der Waals surface area contributed by atoms with Crippen molar-refractivity contribution in [3.63, 3.8) is 0 Å². The lowest BCUT2D eigenvalue weighted by atomic mass is 10.2. The van der Waals surface area contributed by atoms with Gasteiger partial charge in [0.1, 0.15) is 5.82 Å². The van der Waals surface area contributed by atoms with Gasteiger partial charge >= 0.3 is 0 Å². The maximum atomic E-state index is 13.8. The minimum absolute atomic E-state index is 0.107. The van der Waals surface area contributed by atoms with Crippen molar-refractivity contribution in [1.29, 1.82) is 0 Å². The van der Waals surface area contributed by atoms with Gasteiger partial charge in [0.2, 0.25) is 5.91 Å². The summed E-state index contributed by atoms with van der Waals surface area (Å²) >= 11 is 4.42. The van der Waals surface area contributed by atoms with E-state index in [-0.39, 0.29) is 17.3 Å². The van der Waals surface area contributed by atoms with Gasteiger partial charge in [-0.15, -0.1) is 10.2 Å². The molecule has 0 aliphatic carbocycles. The largest absolute Gasteiger partial charge is 0.323 e. The predicted molar refractivity (Wildman–Crippen MR) is 99.9 cm³/mol. The average molecular weight is 421 g/mol. The summed E-state index contributed by atoms with van der Waals surface area (Å²) in [6, 6.07) is 14.2. The molecule has 2 aromatic carbocycles. The molecule has 1 amide bonds. The third kappa shape index (κ3) is 4.26. The number of rotatable bonds is 5. The van der Waals surface area contributed by atoms with Gasteiger partial charge in [-0.2, -0.15) is 0 Å². The summed E-state index contributed by atoms with van der Waals surface area (Å²) in [5, 5.41) is 11.5. The lowest BCUT2D eigenvalue weighted by Crippen LogP contribution is -2.15. The van der Waals surface area contributed by atoms with Crippen molar-refractivity contribution in [3.8, 4) is 11.4 Å². The van der Waals surface area contributed by atoms with Gasteiger partial charge < -0.3 is 9.88 Å². The van der Waals surface area contributed by atoms with Crippen LogP contribution in [-0.4, -0.2) is 26.4 Å². The van der Waals surface area contributed by atoms with E-state index in [9.17, 15) is 9.18 Å². The van der Waals surface area contributed by atoms with Crippen molar-refractivity contribution in [1.82, 2.24) is 14.8 Å². The molecule has 0 fully saturated rings. The number of carbonyl (C=O) groups is 1. The Balaban J connectivity index is 1.64. The highest BCUT2D eigenvalue weighted by Gasteiger charge is 2.13. The fraction of sp³-hybridized carbons (Fsp3) is 0.118. The summed E-state index contributed by atoms with van der Waals surface area (Å²) in [6.45, 7) is 0. The maximum Gasteiger partial charge on any atom is 0.234 e. The van der Waals surface area contributed by atoms with Crippen LogP contribution in [-0.2, 0) is 11.8 Å². The highest BCUT2D eigenvalue weighted by molar-refractivity contribution is 9.10. The van der Waals surface area contributed by atoms with Gasteiger partial charge in [-0.3, -0.25) is 4.79 Å². The average Bonchev–Trinajstić information content (AvgIpc) is 2.97. The van der Waals surface area contributed by atoms with Gasteiger partial charge in [0, 0.05) is 17.1 Å². The lowest BCUT2D eigenvalue weighted by molar-refractivity contribution is -0.113. The molecular formula is C17H14BrFN4OS. The fourth-order valence-electron chi connectivity index (χ4n) is 2.19. The highest BCUT2D eigenvalue weighted by Crippen LogP contribution is 2.23. The fourth-order valence-corrected chi connectivity index (χ4v) is 3.23. The van der Waals surface area contributed by atoms with E-state index in [0.717, 1.165) is 11.4 Å². The molecule has 0 atom stereocenters. The van der Waals surface area contributed by atoms with E-state index in [0.29, 0.717) is 9.63 Å². The molecule has 3 aromatic rings. The molecule has 0 radical (unpaired) electrons. The molecule has 0 unspecified atom stereocenters. The number of hydrogen-bond acceptors (Lipinski definition) is 4. The number of thioether (sulfide) groups is 1. The van der Waals surface area contributed by atoms with Crippen molar-refractivity contribution in [3.05, 3.63) is 58.8 Å². The Hall–Kier alpha value is -2.19. The molecule has 0 spiro atoms. The van der Waals surface area contributed by atoms with E-state index in [2.05, 4.69) is 31.4 Å². The second-order valence-corrected chi connectivity index (χ2v) is 7.05. The first kappa shape index (κ1) is 17.6. The predicted octanol–water partition coefficient (Wildman–Crippen LogP) is 4.11. The van der Waals surface area contributed by atoms with Crippen LogP contribution in [0.4, 0.5) is 10.1 Å². The Morgan fingerprint density at radius 3 is 2.72 bits per heavy atom. The summed E-state index contributed by atoms with van der Waals surface area (Å²) in [4.78, 5) is 12.0. The van der Waals surface area contributed by atoms with E-state index < -0.39 is 5.82 Å². The summed E-state index contributed by atoms with van der Waals surface area (Å²) in [5.74, 6) is 0.0340. The zero-order valence-electron chi connectivity index (χ0n) is 13.2. The third-order valence-electron chi connectivity index (χ3n) is 3.40. The zero-order chi connectivity index (χ0) is 17.8. The minimum atomic E-state index is -0.488. The van der Waals surface area contributed by atoms with Gasteiger partial charge in [0.25, 0.3) is 0 Å². The van der Waals surface area contributed by atoms with E-state index in [1.165, 1.54) is 23.9 Å². The van der Waals surface area contributed by atoms with Crippen LogP contribution in [0.15, 0.2) is 58.2 Å². The maximum absolute atomic E-state index is 13.8. The normalized spacial score (nSPS) is 10.7. The Kier molecular flexibility index (Phi) is 5.50. The van der Waals surface area contributed by atoms with E-state index in [1.807, 2.05) is 41.9 Å². The third-order valence-corrected chi connectivity index (χ3v) is 4.92.